The number of aromatic nitrogens is 1. The van der Waals surface area contributed by atoms with E-state index in [1.807, 2.05) is 18.2 Å². The quantitative estimate of drug-likeness (QED) is 0.707. The summed E-state index contributed by atoms with van der Waals surface area (Å²) in [5.74, 6) is 0.664. The molecule has 1 heterocycles. The average molecular weight is 283 g/mol. The number of ether oxygens (including phenoxy) is 1. The number of pyridine rings is 1. The first-order valence-electron chi connectivity index (χ1n) is 6.13. The monoisotopic (exact) mass is 283 g/mol. The van der Waals surface area contributed by atoms with Crippen molar-refractivity contribution in [3.63, 3.8) is 0 Å². The van der Waals surface area contributed by atoms with Crippen LogP contribution in [0.1, 0.15) is 0 Å². The van der Waals surface area contributed by atoms with Gasteiger partial charge in [0, 0.05) is 17.6 Å². The number of fused-ring (bicyclic) bond motifs is 1. The third kappa shape index (κ3) is 3.94. The van der Waals surface area contributed by atoms with Crippen LogP contribution in [-0.4, -0.2) is 21.7 Å². The van der Waals surface area contributed by atoms with Crippen LogP contribution in [0.5, 0.6) is 17.2 Å². The fourth-order valence-electron chi connectivity index (χ4n) is 1.70. The zero-order valence-corrected chi connectivity index (χ0v) is 11.0. The first kappa shape index (κ1) is 14.3. The summed E-state index contributed by atoms with van der Waals surface area (Å²) in [6, 6.07) is 15.1. The predicted octanol–water partition coefficient (Wildman–Crippen LogP) is 2.87. The Labute approximate surface area is 121 Å². The summed E-state index contributed by atoms with van der Waals surface area (Å²) in [5, 5.41) is 19.1. The molecule has 0 unspecified atom stereocenters. The molecule has 106 valence electrons. The lowest BCUT2D eigenvalue weighted by Crippen LogP contribution is -1.86. The standard InChI is InChI=1S/C9H7NO.C7H6O3/c11-8-5-1-3-7-4-2-6-10-9(7)8;8-5-10-7-3-1-2-6(9)4-7/h1-6,11H;1-5,9H. The number of hydrogen-bond donors (Lipinski definition) is 2. The highest BCUT2D eigenvalue weighted by Crippen LogP contribution is 2.20. The maximum Gasteiger partial charge on any atom is 0.298 e. The third-order valence-electron chi connectivity index (χ3n) is 2.61. The molecule has 5 nitrogen and oxygen atoms in total. The smallest absolute Gasteiger partial charge is 0.298 e. The molecule has 21 heavy (non-hydrogen) atoms. The maximum atomic E-state index is 9.78. The van der Waals surface area contributed by atoms with Gasteiger partial charge in [0.15, 0.2) is 0 Å². The van der Waals surface area contributed by atoms with Crippen molar-refractivity contribution in [3.8, 4) is 17.2 Å². The molecule has 0 radical (unpaired) electrons. The second-order valence-electron chi connectivity index (χ2n) is 4.06. The van der Waals surface area contributed by atoms with E-state index in [1.165, 1.54) is 12.1 Å². The summed E-state index contributed by atoms with van der Waals surface area (Å²) in [4.78, 5) is 13.8. The maximum absolute atomic E-state index is 9.78. The molecule has 0 aliphatic rings. The zero-order chi connectivity index (χ0) is 15.1. The highest BCUT2D eigenvalue weighted by molar-refractivity contribution is 5.83. The molecule has 0 atom stereocenters. The lowest BCUT2D eigenvalue weighted by atomic mass is 10.2. The first-order valence-corrected chi connectivity index (χ1v) is 6.13. The minimum atomic E-state index is 0.0827. The Morgan fingerprint density at radius 1 is 1.00 bits per heavy atom. The average Bonchev–Trinajstić information content (AvgIpc) is 2.49. The summed E-state index contributed by atoms with van der Waals surface area (Å²) in [6.07, 6.45) is 1.67. The van der Waals surface area contributed by atoms with E-state index in [0.29, 0.717) is 17.7 Å². The Morgan fingerprint density at radius 2 is 1.76 bits per heavy atom. The minimum absolute atomic E-state index is 0.0827. The molecule has 0 bridgehead atoms. The molecule has 2 aromatic carbocycles. The van der Waals surface area contributed by atoms with E-state index in [-0.39, 0.29) is 11.5 Å². The molecule has 0 spiro atoms. The van der Waals surface area contributed by atoms with Crippen LogP contribution in [0.2, 0.25) is 0 Å². The van der Waals surface area contributed by atoms with Crippen molar-refractivity contribution in [1.82, 2.24) is 4.98 Å². The van der Waals surface area contributed by atoms with Crippen LogP contribution in [0.15, 0.2) is 60.8 Å². The Morgan fingerprint density at radius 3 is 2.48 bits per heavy atom. The molecule has 0 saturated heterocycles. The molecule has 5 heteroatoms. The van der Waals surface area contributed by atoms with Crippen molar-refractivity contribution in [2.24, 2.45) is 0 Å². The Hall–Kier alpha value is -3.08. The Bertz CT molecular complexity index is 738. The number of hydrogen-bond acceptors (Lipinski definition) is 5. The second kappa shape index (κ2) is 6.91. The van der Waals surface area contributed by atoms with Crippen molar-refractivity contribution >= 4 is 17.4 Å². The molecule has 0 fully saturated rings. The molecule has 0 amide bonds. The van der Waals surface area contributed by atoms with Gasteiger partial charge < -0.3 is 14.9 Å². The van der Waals surface area contributed by atoms with Crippen molar-refractivity contribution in [3.05, 3.63) is 60.8 Å². The van der Waals surface area contributed by atoms with Crippen LogP contribution in [-0.2, 0) is 4.79 Å². The number of benzene rings is 2. The molecule has 2 N–H and O–H groups in total. The van der Waals surface area contributed by atoms with Crippen molar-refractivity contribution in [2.45, 2.75) is 0 Å². The summed E-state index contributed by atoms with van der Waals surface area (Å²) in [7, 11) is 0. The number of carbonyl (C=O) groups excluding carboxylic acids is 1. The van der Waals surface area contributed by atoms with E-state index >= 15 is 0 Å². The van der Waals surface area contributed by atoms with Crippen LogP contribution in [0.25, 0.3) is 10.9 Å². The van der Waals surface area contributed by atoms with Gasteiger partial charge in [-0.1, -0.05) is 24.3 Å². The van der Waals surface area contributed by atoms with Gasteiger partial charge >= 0.3 is 0 Å². The Balaban J connectivity index is 0.000000155. The summed E-state index contributed by atoms with van der Waals surface area (Å²) in [5.41, 5.74) is 0.662. The van der Waals surface area contributed by atoms with Gasteiger partial charge in [0.05, 0.1) is 0 Å². The second-order valence-corrected chi connectivity index (χ2v) is 4.06. The van der Waals surface area contributed by atoms with E-state index in [4.69, 9.17) is 5.11 Å². The van der Waals surface area contributed by atoms with Gasteiger partial charge in [-0.25, -0.2) is 0 Å². The minimum Gasteiger partial charge on any atom is -0.508 e. The molecule has 1 aromatic heterocycles. The number of phenols is 2. The van der Waals surface area contributed by atoms with Crippen molar-refractivity contribution in [1.29, 1.82) is 0 Å². The highest BCUT2D eigenvalue weighted by Gasteiger charge is 1.96. The summed E-state index contributed by atoms with van der Waals surface area (Å²) < 4.78 is 4.45. The molecule has 0 aliphatic heterocycles. The van der Waals surface area contributed by atoms with Gasteiger partial charge in [-0.15, -0.1) is 0 Å². The molecule has 0 saturated carbocycles. The van der Waals surface area contributed by atoms with Gasteiger partial charge in [-0.05, 0) is 24.3 Å². The number of para-hydroxylation sites is 1. The first-order chi connectivity index (χ1) is 10.2. The number of carbonyl (C=O) groups is 1. The van der Waals surface area contributed by atoms with E-state index in [0.717, 1.165) is 5.39 Å². The van der Waals surface area contributed by atoms with Crippen molar-refractivity contribution < 1.29 is 19.7 Å². The molecule has 3 aromatic rings. The van der Waals surface area contributed by atoms with Crippen LogP contribution < -0.4 is 4.74 Å². The van der Waals surface area contributed by atoms with Gasteiger partial charge in [-0.3, -0.25) is 9.78 Å². The fraction of sp³-hybridized carbons (Fsp3) is 0. The summed E-state index contributed by atoms with van der Waals surface area (Å²) in [6.45, 7) is 0.314. The van der Waals surface area contributed by atoms with Crippen LogP contribution in [0.4, 0.5) is 0 Å². The SMILES string of the molecule is O=COc1cccc(O)c1.Oc1cccc2cccnc12. The summed E-state index contributed by atoms with van der Waals surface area (Å²) >= 11 is 0. The van der Waals surface area contributed by atoms with Crippen molar-refractivity contribution in [2.75, 3.05) is 0 Å². The molecular formula is C16H13NO4. The van der Waals surface area contributed by atoms with E-state index < -0.39 is 0 Å². The predicted molar refractivity (Wildman–Crippen MR) is 78.2 cm³/mol. The third-order valence-corrected chi connectivity index (χ3v) is 2.61. The zero-order valence-electron chi connectivity index (χ0n) is 11.0. The van der Waals surface area contributed by atoms with E-state index in [2.05, 4.69) is 9.72 Å². The fourth-order valence-corrected chi connectivity index (χ4v) is 1.70. The van der Waals surface area contributed by atoms with Gasteiger partial charge in [0.25, 0.3) is 6.47 Å². The number of rotatable bonds is 2. The highest BCUT2D eigenvalue weighted by atomic mass is 16.5. The van der Waals surface area contributed by atoms with Gasteiger partial charge in [0.2, 0.25) is 0 Å². The topological polar surface area (TPSA) is 79.7 Å². The molecular weight excluding hydrogens is 270 g/mol. The van der Waals surface area contributed by atoms with E-state index in [9.17, 15) is 9.90 Å². The number of nitrogens with zero attached hydrogens (tertiary/aromatic N) is 1. The molecule has 0 aliphatic carbocycles. The van der Waals surface area contributed by atoms with Gasteiger partial charge in [0.1, 0.15) is 22.8 Å². The lowest BCUT2D eigenvalue weighted by Gasteiger charge is -1.96. The van der Waals surface area contributed by atoms with Crippen LogP contribution in [0, 0.1) is 0 Å². The van der Waals surface area contributed by atoms with Crippen LogP contribution in [0.3, 0.4) is 0 Å². The van der Waals surface area contributed by atoms with Gasteiger partial charge in [-0.2, -0.15) is 0 Å². The largest absolute Gasteiger partial charge is 0.508 e. The number of aromatic hydroxyl groups is 2. The van der Waals surface area contributed by atoms with E-state index in [1.54, 1.807) is 30.5 Å². The molecule has 3 rings (SSSR count). The lowest BCUT2D eigenvalue weighted by molar-refractivity contribution is -0.120. The normalized spacial score (nSPS) is 9.52. The van der Waals surface area contributed by atoms with Crippen LogP contribution >= 0.6 is 0 Å². The number of phenolic OH excluding ortho intramolecular Hbond substituents is 2. The Kier molecular flexibility index (Phi) is 4.71.